The van der Waals surface area contributed by atoms with Crippen LogP contribution in [0.15, 0.2) is 24.3 Å². The fourth-order valence-electron chi connectivity index (χ4n) is 2.16. The van der Waals surface area contributed by atoms with Gasteiger partial charge in [-0.1, -0.05) is 18.2 Å². The number of carbonyl (C=O) groups is 1. The van der Waals surface area contributed by atoms with E-state index >= 15 is 0 Å². The van der Waals surface area contributed by atoms with Gasteiger partial charge in [0.25, 0.3) is 0 Å². The van der Waals surface area contributed by atoms with Crippen LogP contribution in [-0.4, -0.2) is 18.2 Å². The largest absolute Gasteiger partial charge is 0.312 e. The molecule has 0 aromatic heterocycles. The lowest BCUT2D eigenvalue weighted by Crippen LogP contribution is -2.31. The Bertz CT molecular complexity index is 378. The number of amides is 1. The maximum absolute atomic E-state index is 12.0. The van der Waals surface area contributed by atoms with Crippen LogP contribution in [0.4, 0.5) is 5.69 Å². The van der Waals surface area contributed by atoms with Crippen molar-refractivity contribution < 1.29 is 4.79 Å². The summed E-state index contributed by atoms with van der Waals surface area (Å²) in [7, 11) is 0. The normalized spacial score (nSPS) is 15.8. The Labute approximate surface area is 102 Å². The van der Waals surface area contributed by atoms with Gasteiger partial charge in [-0.15, -0.1) is 0 Å². The van der Waals surface area contributed by atoms with E-state index in [0.717, 1.165) is 37.2 Å². The van der Waals surface area contributed by atoms with Crippen LogP contribution in [0.5, 0.6) is 0 Å². The number of hydrogen-bond acceptors (Lipinski definition) is 2. The second-order valence-electron chi connectivity index (χ2n) is 4.10. The van der Waals surface area contributed by atoms with Crippen LogP contribution in [-0.2, 0) is 11.2 Å². The number of rotatable bonds is 3. The number of benzene rings is 1. The van der Waals surface area contributed by atoms with E-state index in [-0.39, 0.29) is 5.91 Å². The molecular weight excluding hydrogens is 218 g/mol. The molecule has 1 heterocycles. The zero-order valence-corrected chi connectivity index (χ0v) is 10.2. The lowest BCUT2D eigenvalue weighted by atomic mass is 10.1. The molecule has 16 heavy (non-hydrogen) atoms. The van der Waals surface area contributed by atoms with Crippen molar-refractivity contribution in [1.29, 1.82) is 0 Å². The number of para-hydroxylation sites is 1. The Morgan fingerprint density at radius 3 is 2.88 bits per heavy atom. The molecule has 0 saturated heterocycles. The molecule has 0 saturated carbocycles. The predicted molar refractivity (Wildman–Crippen MR) is 70.2 cm³/mol. The van der Waals surface area contributed by atoms with E-state index in [0.29, 0.717) is 6.42 Å². The summed E-state index contributed by atoms with van der Waals surface area (Å²) < 4.78 is 0. The summed E-state index contributed by atoms with van der Waals surface area (Å²) in [5.74, 6) is 1.08. The third-order valence-electron chi connectivity index (χ3n) is 2.96. The third kappa shape index (κ3) is 2.40. The topological polar surface area (TPSA) is 20.3 Å². The van der Waals surface area contributed by atoms with E-state index in [1.165, 1.54) is 5.56 Å². The minimum atomic E-state index is 0.256. The van der Waals surface area contributed by atoms with Crippen molar-refractivity contribution in [3.05, 3.63) is 29.8 Å². The molecule has 0 atom stereocenters. The van der Waals surface area contributed by atoms with Crippen molar-refractivity contribution in [2.45, 2.75) is 25.7 Å². The molecule has 0 fully saturated rings. The predicted octanol–water partition coefficient (Wildman–Crippen LogP) is 2.68. The minimum absolute atomic E-state index is 0.256. The highest BCUT2D eigenvalue weighted by atomic mass is 32.1. The maximum Gasteiger partial charge on any atom is 0.226 e. The molecule has 3 heteroatoms. The average molecular weight is 235 g/mol. The van der Waals surface area contributed by atoms with Gasteiger partial charge in [0.1, 0.15) is 0 Å². The fourth-order valence-corrected chi connectivity index (χ4v) is 2.30. The molecule has 2 rings (SSSR count). The summed E-state index contributed by atoms with van der Waals surface area (Å²) in [4.78, 5) is 13.9. The van der Waals surface area contributed by atoms with Crippen LogP contribution >= 0.6 is 12.6 Å². The molecule has 0 N–H and O–H groups in total. The van der Waals surface area contributed by atoms with Crippen molar-refractivity contribution in [1.82, 2.24) is 0 Å². The van der Waals surface area contributed by atoms with Crippen molar-refractivity contribution in [2.24, 2.45) is 0 Å². The number of fused-ring (bicyclic) bond motifs is 1. The van der Waals surface area contributed by atoms with Crippen molar-refractivity contribution >= 4 is 24.2 Å². The Hall–Kier alpha value is -0.960. The van der Waals surface area contributed by atoms with E-state index in [1.54, 1.807) is 0 Å². The molecule has 1 aromatic rings. The first-order valence-electron chi connectivity index (χ1n) is 5.82. The molecule has 0 spiro atoms. The van der Waals surface area contributed by atoms with E-state index in [1.807, 2.05) is 17.0 Å². The second kappa shape index (κ2) is 5.39. The average Bonchev–Trinajstić information content (AvgIpc) is 2.46. The van der Waals surface area contributed by atoms with Crippen LogP contribution in [0, 0.1) is 0 Å². The standard InChI is InChI=1S/C13H17NOS/c15-13-8-3-6-11-5-1-2-7-12(11)14(13)9-4-10-16/h1-2,5,7,16H,3-4,6,8-10H2. The highest BCUT2D eigenvalue weighted by Crippen LogP contribution is 2.26. The lowest BCUT2D eigenvalue weighted by Gasteiger charge is -2.22. The van der Waals surface area contributed by atoms with Crippen LogP contribution in [0.1, 0.15) is 24.8 Å². The first-order chi connectivity index (χ1) is 7.83. The molecule has 2 nitrogen and oxygen atoms in total. The van der Waals surface area contributed by atoms with Gasteiger partial charge in [-0.2, -0.15) is 12.6 Å². The van der Waals surface area contributed by atoms with E-state index < -0.39 is 0 Å². The van der Waals surface area contributed by atoms with Crippen molar-refractivity contribution in [3.63, 3.8) is 0 Å². The molecular formula is C13H17NOS. The second-order valence-corrected chi connectivity index (χ2v) is 4.55. The molecule has 86 valence electrons. The number of nitrogens with zero attached hydrogens (tertiary/aromatic N) is 1. The SMILES string of the molecule is O=C1CCCc2ccccc2N1CCCS. The van der Waals surface area contributed by atoms with Gasteiger partial charge >= 0.3 is 0 Å². The Balaban J connectivity index is 2.28. The number of anilines is 1. The molecule has 1 aliphatic rings. The first kappa shape index (κ1) is 11.5. The summed E-state index contributed by atoms with van der Waals surface area (Å²) in [5.41, 5.74) is 2.40. The van der Waals surface area contributed by atoms with Gasteiger partial charge in [-0.05, 0) is 36.6 Å². The zero-order valence-electron chi connectivity index (χ0n) is 9.35. The zero-order chi connectivity index (χ0) is 11.4. The summed E-state index contributed by atoms with van der Waals surface area (Å²) in [5, 5.41) is 0. The number of carbonyl (C=O) groups excluding carboxylic acids is 1. The molecule has 0 bridgehead atoms. The Kier molecular flexibility index (Phi) is 3.88. The fraction of sp³-hybridized carbons (Fsp3) is 0.462. The third-order valence-corrected chi connectivity index (χ3v) is 3.28. The van der Waals surface area contributed by atoms with E-state index in [4.69, 9.17) is 0 Å². The summed E-state index contributed by atoms with van der Waals surface area (Å²) in [6, 6.07) is 8.23. The van der Waals surface area contributed by atoms with Gasteiger partial charge in [-0.3, -0.25) is 4.79 Å². The van der Waals surface area contributed by atoms with Crippen LogP contribution in [0.2, 0.25) is 0 Å². The highest BCUT2D eigenvalue weighted by Gasteiger charge is 2.20. The maximum atomic E-state index is 12.0. The summed E-state index contributed by atoms with van der Waals surface area (Å²) >= 11 is 4.21. The molecule has 0 unspecified atom stereocenters. The molecule has 0 aliphatic carbocycles. The van der Waals surface area contributed by atoms with Crippen LogP contribution < -0.4 is 4.90 Å². The van der Waals surface area contributed by atoms with Crippen molar-refractivity contribution in [2.75, 3.05) is 17.2 Å². The van der Waals surface area contributed by atoms with Crippen LogP contribution in [0.3, 0.4) is 0 Å². The Morgan fingerprint density at radius 1 is 1.25 bits per heavy atom. The highest BCUT2D eigenvalue weighted by molar-refractivity contribution is 7.80. The first-order valence-corrected chi connectivity index (χ1v) is 6.45. The van der Waals surface area contributed by atoms with E-state index in [9.17, 15) is 4.79 Å². The van der Waals surface area contributed by atoms with Gasteiger partial charge in [0.15, 0.2) is 0 Å². The minimum Gasteiger partial charge on any atom is -0.312 e. The van der Waals surface area contributed by atoms with Gasteiger partial charge in [0.2, 0.25) is 5.91 Å². The van der Waals surface area contributed by atoms with Gasteiger partial charge in [0.05, 0.1) is 0 Å². The van der Waals surface area contributed by atoms with Gasteiger partial charge in [-0.25, -0.2) is 0 Å². The lowest BCUT2D eigenvalue weighted by molar-refractivity contribution is -0.118. The smallest absolute Gasteiger partial charge is 0.226 e. The molecule has 0 radical (unpaired) electrons. The molecule has 1 aliphatic heterocycles. The molecule has 1 amide bonds. The van der Waals surface area contributed by atoms with E-state index in [2.05, 4.69) is 24.8 Å². The Morgan fingerprint density at radius 2 is 2.06 bits per heavy atom. The van der Waals surface area contributed by atoms with Gasteiger partial charge in [0, 0.05) is 18.7 Å². The number of thiol groups is 1. The van der Waals surface area contributed by atoms with Gasteiger partial charge < -0.3 is 4.90 Å². The molecule has 1 aromatic carbocycles. The quantitative estimate of drug-likeness (QED) is 0.799. The summed E-state index contributed by atoms with van der Waals surface area (Å²) in [6.07, 6.45) is 3.59. The number of hydrogen-bond donors (Lipinski definition) is 1. The monoisotopic (exact) mass is 235 g/mol. The summed E-state index contributed by atoms with van der Waals surface area (Å²) in [6.45, 7) is 0.791. The van der Waals surface area contributed by atoms with Crippen LogP contribution in [0.25, 0.3) is 0 Å². The number of aryl methyl sites for hydroxylation is 1. The van der Waals surface area contributed by atoms with Crippen molar-refractivity contribution in [3.8, 4) is 0 Å².